The summed E-state index contributed by atoms with van der Waals surface area (Å²) >= 11 is 0. The van der Waals surface area contributed by atoms with Gasteiger partial charge in [-0.3, -0.25) is 14.5 Å². The van der Waals surface area contributed by atoms with Crippen molar-refractivity contribution in [3.8, 4) is 0 Å². The van der Waals surface area contributed by atoms with Gasteiger partial charge in [-0.2, -0.15) is 0 Å². The molecule has 1 aliphatic heterocycles. The van der Waals surface area contributed by atoms with Gasteiger partial charge in [0, 0.05) is 29.7 Å². The normalized spacial score (nSPS) is 16.9. The van der Waals surface area contributed by atoms with E-state index >= 15 is 0 Å². The number of aryl methyl sites for hydroxylation is 1. The summed E-state index contributed by atoms with van der Waals surface area (Å²) in [4.78, 5) is 41.9. The molecular formula is C25H28N4O3. The highest BCUT2D eigenvalue weighted by Gasteiger charge is 2.38. The van der Waals surface area contributed by atoms with E-state index in [0.717, 1.165) is 29.3 Å². The fourth-order valence-corrected chi connectivity index (χ4v) is 4.12. The summed E-state index contributed by atoms with van der Waals surface area (Å²) in [5.74, 6) is -0.579. The van der Waals surface area contributed by atoms with Gasteiger partial charge in [0.1, 0.15) is 6.04 Å². The van der Waals surface area contributed by atoms with Gasteiger partial charge in [0.2, 0.25) is 5.91 Å². The summed E-state index contributed by atoms with van der Waals surface area (Å²) in [6.07, 6.45) is 4.08. The number of nitrogens with one attached hydrogen (secondary N) is 3. The molecule has 166 valence electrons. The molecule has 4 amide bonds. The van der Waals surface area contributed by atoms with E-state index < -0.39 is 12.1 Å². The third kappa shape index (κ3) is 4.99. The number of para-hydroxylation sites is 1. The molecule has 0 radical (unpaired) electrons. The third-order valence-corrected chi connectivity index (χ3v) is 5.89. The van der Waals surface area contributed by atoms with Crippen LogP contribution in [0.15, 0.2) is 60.8 Å². The number of urea groups is 1. The van der Waals surface area contributed by atoms with E-state index in [4.69, 9.17) is 0 Å². The summed E-state index contributed by atoms with van der Waals surface area (Å²) in [5, 5.41) is 6.67. The van der Waals surface area contributed by atoms with Crippen molar-refractivity contribution in [2.45, 2.75) is 44.7 Å². The highest BCUT2D eigenvalue weighted by Crippen LogP contribution is 2.19. The Labute approximate surface area is 187 Å². The summed E-state index contributed by atoms with van der Waals surface area (Å²) in [6.45, 7) is 2.22. The van der Waals surface area contributed by atoms with Crippen LogP contribution in [0.2, 0.25) is 0 Å². The van der Waals surface area contributed by atoms with Gasteiger partial charge in [0.05, 0.1) is 6.42 Å². The van der Waals surface area contributed by atoms with Crippen molar-refractivity contribution >= 4 is 28.7 Å². The van der Waals surface area contributed by atoms with Crippen LogP contribution in [-0.4, -0.2) is 46.4 Å². The number of benzene rings is 2. The van der Waals surface area contributed by atoms with Crippen LogP contribution < -0.4 is 10.6 Å². The van der Waals surface area contributed by atoms with Crippen LogP contribution >= 0.6 is 0 Å². The minimum Gasteiger partial charge on any atom is -0.361 e. The van der Waals surface area contributed by atoms with Gasteiger partial charge >= 0.3 is 6.03 Å². The Bertz CT molecular complexity index is 1110. The lowest BCUT2D eigenvalue weighted by atomic mass is 10.1. The maximum absolute atomic E-state index is 12.7. The van der Waals surface area contributed by atoms with E-state index in [1.807, 2.05) is 55.6 Å². The molecule has 2 aromatic carbocycles. The van der Waals surface area contributed by atoms with E-state index in [2.05, 4.69) is 27.8 Å². The zero-order chi connectivity index (χ0) is 22.5. The smallest absolute Gasteiger partial charge is 0.324 e. The number of rotatable bonds is 9. The second kappa shape index (κ2) is 9.68. The predicted molar refractivity (Wildman–Crippen MR) is 123 cm³/mol. The van der Waals surface area contributed by atoms with Crippen molar-refractivity contribution in [3.63, 3.8) is 0 Å². The topological polar surface area (TPSA) is 94.3 Å². The number of imide groups is 1. The van der Waals surface area contributed by atoms with Gasteiger partial charge in [-0.15, -0.1) is 0 Å². The van der Waals surface area contributed by atoms with Crippen molar-refractivity contribution in [1.29, 1.82) is 0 Å². The van der Waals surface area contributed by atoms with E-state index in [-0.39, 0.29) is 30.8 Å². The quantitative estimate of drug-likeness (QED) is 0.454. The third-order valence-electron chi connectivity index (χ3n) is 5.89. The van der Waals surface area contributed by atoms with E-state index in [1.165, 1.54) is 10.5 Å². The molecule has 0 bridgehead atoms. The van der Waals surface area contributed by atoms with Gasteiger partial charge in [-0.1, -0.05) is 48.5 Å². The number of aromatic nitrogens is 1. The number of fused-ring (bicyclic) bond motifs is 1. The lowest BCUT2D eigenvalue weighted by molar-refractivity contribution is -0.131. The first-order chi connectivity index (χ1) is 15.5. The Morgan fingerprint density at radius 3 is 2.62 bits per heavy atom. The highest BCUT2D eigenvalue weighted by molar-refractivity contribution is 6.05. The summed E-state index contributed by atoms with van der Waals surface area (Å²) < 4.78 is 0. The number of carbonyl (C=O) groups excluding carboxylic acids is 3. The number of hydrogen-bond donors (Lipinski definition) is 3. The first-order valence-electron chi connectivity index (χ1n) is 11.0. The Morgan fingerprint density at radius 2 is 1.81 bits per heavy atom. The van der Waals surface area contributed by atoms with Crippen molar-refractivity contribution in [2.24, 2.45) is 0 Å². The second-order valence-electron chi connectivity index (χ2n) is 8.30. The van der Waals surface area contributed by atoms with Crippen LogP contribution in [0.5, 0.6) is 0 Å². The molecule has 0 unspecified atom stereocenters. The molecule has 4 rings (SSSR count). The Balaban J connectivity index is 1.26. The number of aromatic amines is 1. The van der Waals surface area contributed by atoms with E-state index in [0.29, 0.717) is 6.42 Å². The molecule has 32 heavy (non-hydrogen) atoms. The molecule has 1 fully saturated rings. The largest absolute Gasteiger partial charge is 0.361 e. The van der Waals surface area contributed by atoms with Crippen molar-refractivity contribution < 1.29 is 14.4 Å². The summed E-state index contributed by atoms with van der Waals surface area (Å²) in [6, 6.07) is 16.7. The number of hydrogen-bond acceptors (Lipinski definition) is 3. The number of carbonyl (C=O) groups is 3. The number of amides is 4. The van der Waals surface area contributed by atoms with Crippen LogP contribution in [0.3, 0.4) is 0 Å². The average Bonchev–Trinajstić information content (AvgIpc) is 3.32. The molecule has 3 aromatic rings. The maximum Gasteiger partial charge on any atom is 0.324 e. The monoisotopic (exact) mass is 432 g/mol. The number of nitrogens with zero attached hydrogens (tertiary/aromatic N) is 1. The summed E-state index contributed by atoms with van der Waals surface area (Å²) in [7, 11) is 0. The molecule has 3 N–H and O–H groups in total. The molecule has 2 heterocycles. The van der Waals surface area contributed by atoms with Gasteiger partial charge in [-0.25, -0.2) is 4.79 Å². The molecule has 1 saturated heterocycles. The van der Waals surface area contributed by atoms with Crippen LogP contribution in [0.25, 0.3) is 10.9 Å². The van der Waals surface area contributed by atoms with Gasteiger partial charge in [0.25, 0.3) is 5.91 Å². The molecule has 2 atom stereocenters. The summed E-state index contributed by atoms with van der Waals surface area (Å²) in [5.41, 5.74) is 3.29. The van der Waals surface area contributed by atoms with Crippen molar-refractivity contribution in [1.82, 2.24) is 20.5 Å². The highest BCUT2D eigenvalue weighted by atomic mass is 16.2. The van der Waals surface area contributed by atoms with E-state index in [9.17, 15) is 14.4 Å². The molecule has 7 nitrogen and oxygen atoms in total. The van der Waals surface area contributed by atoms with Gasteiger partial charge in [-0.05, 0) is 43.4 Å². The Morgan fingerprint density at radius 1 is 1.06 bits per heavy atom. The standard InChI is InChI=1S/C25H28N4O3/c1-17(11-12-18-7-3-2-4-8-18)27-23(30)15-22-24(31)29(25(32)28-22)14-13-19-16-26-21-10-6-5-9-20(19)21/h2-10,16-17,22,26H,11-15H2,1H3,(H,27,30)(H,28,32)/t17-,22+/m0/s1. The van der Waals surface area contributed by atoms with Gasteiger partial charge in [0.15, 0.2) is 0 Å². The van der Waals surface area contributed by atoms with Gasteiger partial charge < -0.3 is 15.6 Å². The zero-order valence-corrected chi connectivity index (χ0v) is 18.1. The molecule has 1 aromatic heterocycles. The van der Waals surface area contributed by atoms with E-state index in [1.54, 1.807) is 0 Å². The Kier molecular flexibility index (Phi) is 6.54. The molecule has 0 saturated carbocycles. The fourth-order valence-electron chi connectivity index (χ4n) is 4.12. The predicted octanol–water partition coefficient (Wildman–Crippen LogP) is 3.16. The average molecular weight is 433 g/mol. The fraction of sp³-hybridized carbons (Fsp3) is 0.320. The molecule has 0 spiro atoms. The SMILES string of the molecule is C[C@@H](CCc1ccccc1)NC(=O)C[C@H]1NC(=O)N(CCc2c[nH]c3ccccc23)C1=O. The zero-order valence-electron chi connectivity index (χ0n) is 18.1. The van der Waals surface area contributed by atoms with Crippen LogP contribution in [0, 0.1) is 0 Å². The molecular weight excluding hydrogens is 404 g/mol. The van der Waals surface area contributed by atoms with Crippen LogP contribution in [0.4, 0.5) is 4.79 Å². The van der Waals surface area contributed by atoms with Crippen LogP contribution in [0.1, 0.15) is 30.9 Å². The first-order valence-corrected chi connectivity index (χ1v) is 11.0. The molecule has 0 aliphatic carbocycles. The lowest BCUT2D eigenvalue weighted by Gasteiger charge is -2.16. The number of H-pyrrole nitrogens is 1. The second-order valence-corrected chi connectivity index (χ2v) is 8.30. The Hall–Kier alpha value is -3.61. The first kappa shape index (κ1) is 21.6. The van der Waals surface area contributed by atoms with Crippen molar-refractivity contribution in [2.75, 3.05) is 6.54 Å². The maximum atomic E-state index is 12.7. The minimum atomic E-state index is -0.813. The van der Waals surface area contributed by atoms with Crippen molar-refractivity contribution in [3.05, 3.63) is 71.9 Å². The lowest BCUT2D eigenvalue weighted by Crippen LogP contribution is -2.40. The minimum absolute atomic E-state index is 0.0205. The van der Waals surface area contributed by atoms with Crippen LogP contribution in [-0.2, 0) is 22.4 Å². The molecule has 1 aliphatic rings. The molecule has 7 heteroatoms.